The second-order valence-electron chi connectivity index (χ2n) is 6.56. The first-order valence-electron chi connectivity index (χ1n) is 10.1. The van der Waals surface area contributed by atoms with Gasteiger partial charge in [-0.25, -0.2) is 0 Å². The number of carbonyl (C=O) groups excluding carboxylic acids is 2. The van der Waals surface area contributed by atoms with E-state index in [0.717, 1.165) is 62.0 Å². The van der Waals surface area contributed by atoms with E-state index in [4.69, 9.17) is 9.47 Å². The van der Waals surface area contributed by atoms with Gasteiger partial charge in [0, 0.05) is 23.5 Å². The Kier molecular flexibility index (Phi) is 21.1. The third kappa shape index (κ3) is 20.2. The maximum absolute atomic E-state index is 11.6. The number of alkyl halides is 2. The van der Waals surface area contributed by atoms with E-state index in [9.17, 15) is 9.59 Å². The largest absolute Gasteiger partial charge is 0.466 e. The van der Waals surface area contributed by atoms with Gasteiger partial charge in [-0.2, -0.15) is 0 Å². The van der Waals surface area contributed by atoms with E-state index in [1.807, 2.05) is 0 Å². The monoisotopic (exact) mass is 498 g/mol. The van der Waals surface area contributed by atoms with Crippen LogP contribution in [-0.4, -0.2) is 35.8 Å². The van der Waals surface area contributed by atoms with Crippen LogP contribution in [0.15, 0.2) is 0 Å². The number of halogens is 2. The highest BCUT2D eigenvalue weighted by Gasteiger charge is 2.05. The summed E-state index contributed by atoms with van der Waals surface area (Å²) >= 11 is 6.81. The summed E-state index contributed by atoms with van der Waals surface area (Å²) in [5.41, 5.74) is 0. The van der Waals surface area contributed by atoms with Crippen molar-refractivity contribution in [2.24, 2.45) is 0 Å². The molecule has 154 valence electrons. The molecule has 0 atom stereocenters. The molecule has 0 aromatic carbocycles. The Hall–Kier alpha value is -0.100. The summed E-state index contributed by atoms with van der Waals surface area (Å²) in [7, 11) is 0. The van der Waals surface area contributed by atoms with E-state index in [0.29, 0.717) is 26.1 Å². The van der Waals surface area contributed by atoms with Crippen molar-refractivity contribution in [3.63, 3.8) is 0 Å². The van der Waals surface area contributed by atoms with E-state index in [1.165, 1.54) is 25.7 Å². The van der Waals surface area contributed by atoms with Crippen molar-refractivity contribution < 1.29 is 19.1 Å². The van der Waals surface area contributed by atoms with Crippen LogP contribution < -0.4 is 0 Å². The SMILES string of the molecule is O=C(CCCCCCC(=O)OCCCCCCBr)OCCCCCCBr. The third-order valence-corrected chi connectivity index (χ3v) is 5.22. The van der Waals surface area contributed by atoms with Gasteiger partial charge in [0.05, 0.1) is 13.2 Å². The van der Waals surface area contributed by atoms with Crippen LogP contribution in [0.3, 0.4) is 0 Å². The minimum absolute atomic E-state index is 0.0928. The first kappa shape index (κ1) is 25.9. The highest BCUT2D eigenvalue weighted by molar-refractivity contribution is 9.09. The van der Waals surface area contributed by atoms with Gasteiger partial charge in [0.2, 0.25) is 0 Å². The topological polar surface area (TPSA) is 52.6 Å². The van der Waals surface area contributed by atoms with E-state index >= 15 is 0 Å². The molecule has 0 aliphatic carbocycles. The summed E-state index contributed by atoms with van der Waals surface area (Å²) in [4.78, 5) is 23.2. The standard InChI is InChI=1S/C20H36Br2O4/c21-15-9-3-5-11-17-25-19(23)13-7-1-2-8-14-20(24)26-18-12-6-4-10-16-22/h1-18H2. The number of esters is 2. The molecule has 26 heavy (non-hydrogen) atoms. The summed E-state index contributed by atoms with van der Waals surface area (Å²) in [6, 6.07) is 0. The third-order valence-electron chi connectivity index (χ3n) is 4.09. The molecular weight excluding hydrogens is 464 g/mol. The molecule has 0 saturated heterocycles. The van der Waals surface area contributed by atoms with Gasteiger partial charge in [-0.1, -0.05) is 70.4 Å². The molecule has 4 nitrogen and oxygen atoms in total. The second kappa shape index (κ2) is 21.2. The predicted octanol–water partition coefficient (Wildman–Crippen LogP) is 6.32. The van der Waals surface area contributed by atoms with Gasteiger partial charge in [0.25, 0.3) is 0 Å². The Balaban J connectivity index is 3.28. The lowest BCUT2D eigenvalue weighted by molar-refractivity contribution is -0.145. The molecule has 0 aliphatic rings. The summed E-state index contributed by atoms with van der Waals surface area (Å²) in [5.74, 6) is -0.186. The Bertz CT molecular complexity index is 306. The highest BCUT2D eigenvalue weighted by atomic mass is 79.9. The van der Waals surface area contributed by atoms with Crippen LogP contribution in [0.4, 0.5) is 0 Å². The summed E-state index contributed by atoms with van der Waals surface area (Å²) in [6.07, 6.45) is 13.4. The van der Waals surface area contributed by atoms with E-state index in [-0.39, 0.29) is 11.9 Å². The van der Waals surface area contributed by atoms with Crippen LogP contribution in [0.2, 0.25) is 0 Å². The van der Waals surface area contributed by atoms with E-state index < -0.39 is 0 Å². The van der Waals surface area contributed by atoms with Crippen molar-refractivity contribution in [1.82, 2.24) is 0 Å². The van der Waals surface area contributed by atoms with Crippen LogP contribution in [0, 0.1) is 0 Å². The molecule has 0 radical (unpaired) electrons. The van der Waals surface area contributed by atoms with Gasteiger partial charge in [-0.3, -0.25) is 9.59 Å². The van der Waals surface area contributed by atoms with Gasteiger partial charge in [-0.15, -0.1) is 0 Å². The molecule has 0 rings (SSSR count). The average molecular weight is 500 g/mol. The molecular formula is C20H36Br2O4. The predicted molar refractivity (Wildman–Crippen MR) is 114 cm³/mol. The molecule has 0 bridgehead atoms. The summed E-state index contributed by atoms with van der Waals surface area (Å²) in [5, 5.41) is 2.09. The summed E-state index contributed by atoms with van der Waals surface area (Å²) in [6.45, 7) is 1.09. The Morgan fingerprint density at radius 3 is 1.23 bits per heavy atom. The molecule has 0 aromatic rings. The van der Waals surface area contributed by atoms with Gasteiger partial charge < -0.3 is 9.47 Å². The fourth-order valence-electron chi connectivity index (χ4n) is 2.51. The fraction of sp³-hybridized carbons (Fsp3) is 0.900. The van der Waals surface area contributed by atoms with Crippen molar-refractivity contribution >= 4 is 43.8 Å². The number of unbranched alkanes of at least 4 members (excludes halogenated alkanes) is 9. The van der Waals surface area contributed by atoms with Crippen molar-refractivity contribution in [3.05, 3.63) is 0 Å². The lowest BCUT2D eigenvalue weighted by Crippen LogP contribution is -2.06. The maximum Gasteiger partial charge on any atom is 0.305 e. The molecule has 0 saturated carbocycles. The molecule has 0 fully saturated rings. The van der Waals surface area contributed by atoms with E-state index in [2.05, 4.69) is 31.9 Å². The van der Waals surface area contributed by atoms with Crippen LogP contribution >= 0.6 is 31.9 Å². The molecule has 0 N–H and O–H groups in total. The lowest BCUT2D eigenvalue weighted by Gasteiger charge is -2.06. The number of hydrogen-bond donors (Lipinski definition) is 0. The van der Waals surface area contributed by atoms with Crippen LogP contribution in [0.5, 0.6) is 0 Å². The lowest BCUT2D eigenvalue weighted by atomic mass is 10.1. The Labute approximate surface area is 176 Å². The van der Waals surface area contributed by atoms with Gasteiger partial charge in [0.1, 0.15) is 0 Å². The Morgan fingerprint density at radius 1 is 0.500 bits per heavy atom. The first-order valence-corrected chi connectivity index (χ1v) is 12.4. The average Bonchev–Trinajstić information content (AvgIpc) is 2.63. The Morgan fingerprint density at radius 2 is 0.846 bits per heavy atom. The number of carbonyl (C=O) groups is 2. The molecule has 0 unspecified atom stereocenters. The number of ether oxygens (including phenoxy) is 2. The molecule has 0 aliphatic heterocycles. The van der Waals surface area contributed by atoms with Gasteiger partial charge >= 0.3 is 11.9 Å². The smallest absolute Gasteiger partial charge is 0.305 e. The van der Waals surface area contributed by atoms with Crippen LogP contribution in [-0.2, 0) is 19.1 Å². The first-order chi connectivity index (χ1) is 12.7. The van der Waals surface area contributed by atoms with E-state index in [1.54, 1.807) is 0 Å². The van der Waals surface area contributed by atoms with Crippen molar-refractivity contribution in [1.29, 1.82) is 0 Å². The van der Waals surface area contributed by atoms with Gasteiger partial charge in [-0.05, 0) is 38.5 Å². The second-order valence-corrected chi connectivity index (χ2v) is 8.15. The molecule has 0 heterocycles. The zero-order chi connectivity index (χ0) is 19.3. The normalized spacial score (nSPS) is 10.7. The highest BCUT2D eigenvalue weighted by Crippen LogP contribution is 2.09. The number of rotatable bonds is 19. The molecule has 6 heteroatoms. The number of hydrogen-bond acceptors (Lipinski definition) is 4. The quantitative estimate of drug-likeness (QED) is 0.118. The fourth-order valence-corrected chi connectivity index (χ4v) is 3.30. The zero-order valence-electron chi connectivity index (χ0n) is 16.1. The van der Waals surface area contributed by atoms with Crippen LogP contribution in [0.1, 0.15) is 89.9 Å². The minimum atomic E-state index is -0.0928. The molecule has 0 spiro atoms. The van der Waals surface area contributed by atoms with Crippen molar-refractivity contribution in [3.8, 4) is 0 Å². The van der Waals surface area contributed by atoms with Gasteiger partial charge in [0.15, 0.2) is 0 Å². The van der Waals surface area contributed by atoms with Crippen molar-refractivity contribution in [2.75, 3.05) is 23.9 Å². The maximum atomic E-state index is 11.6. The zero-order valence-corrected chi connectivity index (χ0v) is 19.3. The van der Waals surface area contributed by atoms with Crippen LogP contribution in [0.25, 0.3) is 0 Å². The van der Waals surface area contributed by atoms with Crippen molar-refractivity contribution in [2.45, 2.75) is 89.9 Å². The summed E-state index contributed by atoms with van der Waals surface area (Å²) < 4.78 is 10.4. The molecule has 0 amide bonds. The minimum Gasteiger partial charge on any atom is -0.466 e. The molecule has 0 aromatic heterocycles.